The number of carbonyl (C=O) groups is 1. The van der Waals surface area contributed by atoms with Crippen molar-refractivity contribution in [1.29, 1.82) is 0 Å². The van der Waals surface area contributed by atoms with Gasteiger partial charge in [0.1, 0.15) is 5.75 Å². The van der Waals surface area contributed by atoms with Crippen LogP contribution in [0, 0.1) is 6.92 Å². The largest absolute Gasteiger partial charge is 0.504 e. The van der Waals surface area contributed by atoms with Crippen LogP contribution in [-0.2, 0) is 4.79 Å². The number of hydrogen-bond acceptors (Lipinski definition) is 5. The molecule has 0 aromatic heterocycles. The zero-order valence-electron chi connectivity index (χ0n) is 13.7. The Kier molecular flexibility index (Phi) is 6.19. The summed E-state index contributed by atoms with van der Waals surface area (Å²) in [6.45, 7) is 4.06. The molecular weight excluding hydrogens is 308 g/mol. The minimum Gasteiger partial charge on any atom is -0.504 e. The Morgan fingerprint density at radius 2 is 2.00 bits per heavy atom. The van der Waals surface area contributed by atoms with Crippen LogP contribution in [0.1, 0.15) is 18.1 Å². The number of hydrazone groups is 1. The van der Waals surface area contributed by atoms with Crippen molar-refractivity contribution in [1.82, 2.24) is 5.43 Å². The molecule has 0 aliphatic heterocycles. The third-order valence-corrected chi connectivity index (χ3v) is 3.14. The number of phenolic OH excluding ortho intramolecular Hbond substituents is 1. The molecule has 0 aliphatic rings. The van der Waals surface area contributed by atoms with Crippen molar-refractivity contribution in [2.24, 2.45) is 5.10 Å². The second-order valence-corrected chi connectivity index (χ2v) is 5.01. The maximum Gasteiger partial charge on any atom is 0.277 e. The van der Waals surface area contributed by atoms with Gasteiger partial charge in [-0.25, -0.2) is 5.43 Å². The number of amides is 1. The quantitative estimate of drug-likeness (QED) is 0.605. The van der Waals surface area contributed by atoms with E-state index in [1.54, 1.807) is 18.2 Å². The molecule has 0 fully saturated rings. The van der Waals surface area contributed by atoms with E-state index in [1.807, 2.05) is 32.0 Å². The zero-order valence-corrected chi connectivity index (χ0v) is 13.7. The number of phenols is 1. The molecule has 2 rings (SSSR count). The second-order valence-electron chi connectivity index (χ2n) is 5.01. The van der Waals surface area contributed by atoms with Crippen LogP contribution in [0.3, 0.4) is 0 Å². The average molecular weight is 328 g/mol. The van der Waals surface area contributed by atoms with Crippen molar-refractivity contribution in [2.45, 2.75) is 13.8 Å². The first-order chi connectivity index (χ1) is 11.6. The van der Waals surface area contributed by atoms with Gasteiger partial charge in [0.25, 0.3) is 5.91 Å². The van der Waals surface area contributed by atoms with Crippen LogP contribution in [0.15, 0.2) is 47.6 Å². The lowest BCUT2D eigenvalue weighted by Gasteiger charge is -2.07. The molecule has 0 unspecified atom stereocenters. The summed E-state index contributed by atoms with van der Waals surface area (Å²) in [7, 11) is 0. The number of aryl methyl sites for hydroxylation is 1. The first-order valence-corrected chi connectivity index (χ1v) is 7.56. The van der Waals surface area contributed by atoms with Gasteiger partial charge in [-0.3, -0.25) is 4.79 Å². The monoisotopic (exact) mass is 328 g/mol. The highest BCUT2D eigenvalue weighted by Gasteiger charge is 2.04. The summed E-state index contributed by atoms with van der Waals surface area (Å²) in [5.74, 6) is 0.732. The predicted molar refractivity (Wildman–Crippen MR) is 91.7 cm³/mol. The number of ether oxygens (including phenoxy) is 2. The number of para-hydroxylation sites is 1. The van der Waals surface area contributed by atoms with E-state index in [0.717, 1.165) is 5.56 Å². The van der Waals surface area contributed by atoms with E-state index >= 15 is 0 Å². The molecule has 24 heavy (non-hydrogen) atoms. The Hall–Kier alpha value is -3.02. The molecule has 0 aliphatic carbocycles. The van der Waals surface area contributed by atoms with Crippen molar-refractivity contribution in [3.05, 3.63) is 53.6 Å². The first kappa shape index (κ1) is 17.3. The SMILES string of the molecule is CCOc1cc(/C=N/NC(=O)COc2ccccc2C)ccc1O. The molecule has 0 heterocycles. The van der Waals surface area contributed by atoms with Crippen molar-refractivity contribution >= 4 is 12.1 Å². The van der Waals surface area contributed by atoms with Gasteiger partial charge in [0.05, 0.1) is 12.8 Å². The van der Waals surface area contributed by atoms with E-state index < -0.39 is 0 Å². The maximum atomic E-state index is 11.7. The lowest BCUT2D eigenvalue weighted by molar-refractivity contribution is -0.123. The topological polar surface area (TPSA) is 80.2 Å². The predicted octanol–water partition coefficient (Wildman–Crippen LogP) is 2.63. The number of nitrogens with one attached hydrogen (secondary N) is 1. The lowest BCUT2D eigenvalue weighted by Crippen LogP contribution is -2.24. The van der Waals surface area contributed by atoms with Crippen LogP contribution in [0.4, 0.5) is 0 Å². The van der Waals surface area contributed by atoms with E-state index in [0.29, 0.717) is 23.7 Å². The molecule has 1 amide bonds. The van der Waals surface area contributed by atoms with E-state index in [2.05, 4.69) is 10.5 Å². The molecule has 0 atom stereocenters. The van der Waals surface area contributed by atoms with Crippen LogP contribution in [0.25, 0.3) is 0 Å². The van der Waals surface area contributed by atoms with E-state index in [1.165, 1.54) is 12.3 Å². The summed E-state index contributed by atoms with van der Waals surface area (Å²) in [5.41, 5.74) is 4.04. The van der Waals surface area contributed by atoms with Gasteiger partial charge < -0.3 is 14.6 Å². The van der Waals surface area contributed by atoms with E-state index in [-0.39, 0.29) is 18.3 Å². The van der Waals surface area contributed by atoms with E-state index in [9.17, 15) is 9.90 Å². The number of aromatic hydroxyl groups is 1. The molecule has 0 spiro atoms. The van der Waals surface area contributed by atoms with Gasteiger partial charge >= 0.3 is 0 Å². The summed E-state index contributed by atoms with van der Waals surface area (Å²) < 4.78 is 10.7. The summed E-state index contributed by atoms with van der Waals surface area (Å²) in [6.07, 6.45) is 1.47. The molecule has 0 saturated carbocycles. The summed E-state index contributed by atoms with van der Waals surface area (Å²) in [5, 5.41) is 13.5. The smallest absolute Gasteiger partial charge is 0.277 e. The van der Waals surface area contributed by atoms with Crippen LogP contribution >= 0.6 is 0 Å². The van der Waals surface area contributed by atoms with Crippen molar-refractivity contribution in [3.8, 4) is 17.2 Å². The van der Waals surface area contributed by atoms with Gasteiger partial charge in [-0.15, -0.1) is 0 Å². The van der Waals surface area contributed by atoms with Crippen molar-refractivity contribution in [3.63, 3.8) is 0 Å². The van der Waals surface area contributed by atoms with Crippen LogP contribution in [0.5, 0.6) is 17.2 Å². The molecule has 6 nitrogen and oxygen atoms in total. The first-order valence-electron chi connectivity index (χ1n) is 7.56. The lowest BCUT2D eigenvalue weighted by atomic mass is 10.2. The molecule has 2 aromatic carbocycles. The standard InChI is InChI=1S/C18H20N2O4/c1-3-23-17-10-14(8-9-15(17)21)11-19-20-18(22)12-24-16-7-5-4-6-13(16)2/h4-11,21H,3,12H2,1-2H3,(H,20,22)/b19-11+. The Balaban J connectivity index is 1.86. The number of rotatable bonds is 7. The van der Waals surface area contributed by atoms with Crippen LogP contribution in [0.2, 0.25) is 0 Å². The highest BCUT2D eigenvalue weighted by molar-refractivity contribution is 5.83. The molecular formula is C18H20N2O4. The Bertz CT molecular complexity index is 729. The molecule has 2 N–H and O–H groups in total. The Labute approximate surface area is 140 Å². The van der Waals surface area contributed by atoms with Gasteiger partial charge in [0, 0.05) is 0 Å². The molecule has 0 saturated heterocycles. The summed E-state index contributed by atoms with van der Waals surface area (Å²) in [6, 6.07) is 12.3. The van der Waals surface area contributed by atoms with Crippen molar-refractivity contribution in [2.75, 3.05) is 13.2 Å². The molecule has 126 valence electrons. The number of benzene rings is 2. The summed E-state index contributed by atoms with van der Waals surface area (Å²) >= 11 is 0. The fourth-order valence-corrected chi connectivity index (χ4v) is 1.95. The van der Waals surface area contributed by atoms with Gasteiger partial charge in [-0.2, -0.15) is 5.10 Å². The fraction of sp³-hybridized carbons (Fsp3) is 0.222. The summed E-state index contributed by atoms with van der Waals surface area (Å²) in [4.78, 5) is 11.7. The van der Waals surface area contributed by atoms with Crippen LogP contribution < -0.4 is 14.9 Å². The van der Waals surface area contributed by atoms with Gasteiger partial charge in [0.15, 0.2) is 18.1 Å². The molecule has 0 bridgehead atoms. The van der Waals surface area contributed by atoms with Crippen LogP contribution in [-0.4, -0.2) is 30.4 Å². The normalized spacial score (nSPS) is 10.6. The fourth-order valence-electron chi connectivity index (χ4n) is 1.95. The zero-order chi connectivity index (χ0) is 17.4. The molecule has 6 heteroatoms. The maximum absolute atomic E-state index is 11.7. The van der Waals surface area contributed by atoms with Gasteiger partial charge in [0.2, 0.25) is 0 Å². The third kappa shape index (κ3) is 5.01. The Morgan fingerprint density at radius 3 is 2.75 bits per heavy atom. The van der Waals surface area contributed by atoms with Gasteiger partial charge in [-0.05, 0) is 49.2 Å². The number of carbonyl (C=O) groups excluding carboxylic acids is 1. The third-order valence-electron chi connectivity index (χ3n) is 3.14. The Morgan fingerprint density at radius 1 is 1.21 bits per heavy atom. The second kappa shape index (κ2) is 8.57. The average Bonchev–Trinajstić information content (AvgIpc) is 2.57. The molecule has 2 aromatic rings. The number of hydrogen-bond donors (Lipinski definition) is 2. The van der Waals surface area contributed by atoms with Gasteiger partial charge in [-0.1, -0.05) is 18.2 Å². The highest BCUT2D eigenvalue weighted by atomic mass is 16.5. The minimum atomic E-state index is -0.363. The van der Waals surface area contributed by atoms with Crippen molar-refractivity contribution < 1.29 is 19.4 Å². The minimum absolute atomic E-state index is 0.0599. The highest BCUT2D eigenvalue weighted by Crippen LogP contribution is 2.26. The van der Waals surface area contributed by atoms with E-state index in [4.69, 9.17) is 9.47 Å². The molecule has 0 radical (unpaired) electrons. The number of nitrogens with zero attached hydrogens (tertiary/aromatic N) is 1.